The number of hydrogen-bond acceptors (Lipinski definition) is 6. The minimum Gasteiger partial charge on any atom is -0.366 e. The number of pyridine rings is 1. The van der Waals surface area contributed by atoms with Crippen molar-refractivity contribution in [3.8, 4) is 0 Å². The molecule has 0 fully saturated rings. The zero-order valence-corrected chi connectivity index (χ0v) is 15.8. The van der Waals surface area contributed by atoms with Gasteiger partial charge in [0.2, 0.25) is 17.0 Å². The average Bonchev–Trinajstić information content (AvgIpc) is 3.09. The van der Waals surface area contributed by atoms with Gasteiger partial charge in [-0.2, -0.15) is 4.98 Å². The van der Waals surface area contributed by atoms with Crippen LogP contribution in [0.15, 0.2) is 65.2 Å². The summed E-state index contributed by atoms with van der Waals surface area (Å²) in [7, 11) is 0. The summed E-state index contributed by atoms with van der Waals surface area (Å²) in [6.07, 6.45) is 3.30. The Hall–Kier alpha value is -3.20. The van der Waals surface area contributed by atoms with Crippen LogP contribution in [0, 0.1) is 5.82 Å². The standard InChI is InChI=1S/C19H17FN6OS/c1-11-15(17(21)27)16(12-6-8-22-9-7-12)26-18(23-11)24-19(25-26)28-10-13-4-2-3-5-14(13)20/h2-9,16H,10H2,1H3,(H2,21,27)(H,23,24,25). The van der Waals surface area contributed by atoms with Gasteiger partial charge in [0.1, 0.15) is 11.9 Å². The van der Waals surface area contributed by atoms with Crippen LogP contribution in [0.2, 0.25) is 0 Å². The Labute approximate surface area is 164 Å². The van der Waals surface area contributed by atoms with E-state index in [9.17, 15) is 9.18 Å². The molecule has 0 bridgehead atoms. The van der Waals surface area contributed by atoms with E-state index in [1.165, 1.54) is 17.8 Å². The van der Waals surface area contributed by atoms with Crippen molar-refractivity contribution in [3.63, 3.8) is 0 Å². The third-order valence-corrected chi connectivity index (χ3v) is 5.32. The SMILES string of the molecule is CC1=C(C(N)=O)C(c2ccncc2)n2nc(SCc3ccccc3F)nc2N1. The Morgan fingerprint density at radius 1 is 1.29 bits per heavy atom. The van der Waals surface area contributed by atoms with Gasteiger partial charge in [0.15, 0.2) is 0 Å². The summed E-state index contributed by atoms with van der Waals surface area (Å²) in [5.41, 5.74) is 8.07. The molecule has 0 saturated carbocycles. The summed E-state index contributed by atoms with van der Waals surface area (Å²) in [4.78, 5) is 20.6. The lowest BCUT2D eigenvalue weighted by Gasteiger charge is -2.27. The number of anilines is 1. The lowest BCUT2D eigenvalue weighted by molar-refractivity contribution is -0.115. The first-order valence-electron chi connectivity index (χ1n) is 8.55. The number of benzene rings is 1. The minimum atomic E-state index is -0.534. The van der Waals surface area contributed by atoms with E-state index in [4.69, 9.17) is 5.73 Å². The molecule has 1 aliphatic heterocycles. The molecule has 0 aliphatic carbocycles. The van der Waals surface area contributed by atoms with Crippen molar-refractivity contribution < 1.29 is 9.18 Å². The molecule has 142 valence electrons. The van der Waals surface area contributed by atoms with Crippen molar-refractivity contribution in [3.05, 3.63) is 77.0 Å². The van der Waals surface area contributed by atoms with Gasteiger partial charge in [0.25, 0.3) is 0 Å². The highest BCUT2D eigenvalue weighted by atomic mass is 32.2. The lowest BCUT2D eigenvalue weighted by Crippen LogP contribution is -2.31. The predicted octanol–water partition coefficient (Wildman–Crippen LogP) is 2.88. The van der Waals surface area contributed by atoms with Crippen molar-refractivity contribution in [2.45, 2.75) is 23.9 Å². The van der Waals surface area contributed by atoms with Gasteiger partial charge < -0.3 is 11.1 Å². The molecule has 1 aromatic carbocycles. The topological polar surface area (TPSA) is 98.7 Å². The number of nitrogens with one attached hydrogen (secondary N) is 1. The number of allylic oxidation sites excluding steroid dienone is 1. The van der Waals surface area contributed by atoms with Gasteiger partial charge in [-0.3, -0.25) is 9.78 Å². The monoisotopic (exact) mass is 396 g/mol. The van der Waals surface area contributed by atoms with E-state index in [0.717, 1.165) is 5.56 Å². The third-order valence-electron chi connectivity index (χ3n) is 4.44. The Balaban J connectivity index is 1.68. The lowest BCUT2D eigenvalue weighted by atomic mass is 9.96. The van der Waals surface area contributed by atoms with Gasteiger partial charge >= 0.3 is 0 Å². The molecule has 7 nitrogen and oxygen atoms in total. The van der Waals surface area contributed by atoms with Crippen LogP contribution in [0.1, 0.15) is 24.1 Å². The van der Waals surface area contributed by atoms with E-state index in [-0.39, 0.29) is 5.82 Å². The molecule has 3 N–H and O–H groups in total. The maximum Gasteiger partial charge on any atom is 0.248 e. The number of nitrogens with zero attached hydrogens (tertiary/aromatic N) is 4. The second kappa shape index (κ2) is 7.43. The Morgan fingerprint density at radius 2 is 2.04 bits per heavy atom. The molecular weight excluding hydrogens is 379 g/mol. The van der Waals surface area contributed by atoms with Crippen LogP contribution in [0.4, 0.5) is 10.3 Å². The maximum absolute atomic E-state index is 13.9. The summed E-state index contributed by atoms with van der Waals surface area (Å²) in [6.45, 7) is 1.78. The fourth-order valence-electron chi connectivity index (χ4n) is 3.12. The van der Waals surface area contributed by atoms with Crippen molar-refractivity contribution >= 4 is 23.6 Å². The molecule has 4 rings (SSSR count). The van der Waals surface area contributed by atoms with Gasteiger partial charge in [-0.1, -0.05) is 30.0 Å². The molecule has 1 atom stereocenters. The number of thioether (sulfide) groups is 1. The second-order valence-corrected chi connectivity index (χ2v) is 7.20. The maximum atomic E-state index is 13.9. The smallest absolute Gasteiger partial charge is 0.248 e. The van der Waals surface area contributed by atoms with Crippen LogP contribution < -0.4 is 11.1 Å². The number of carbonyl (C=O) groups is 1. The normalized spacial score (nSPS) is 15.9. The highest BCUT2D eigenvalue weighted by Crippen LogP contribution is 2.36. The summed E-state index contributed by atoms with van der Waals surface area (Å²) >= 11 is 1.32. The van der Waals surface area contributed by atoms with Crippen LogP contribution in [0.5, 0.6) is 0 Å². The van der Waals surface area contributed by atoms with Crippen LogP contribution in [-0.4, -0.2) is 25.7 Å². The summed E-state index contributed by atoms with van der Waals surface area (Å²) < 4.78 is 15.5. The average molecular weight is 396 g/mol. The number of rotatable bonds is 5. The number of hydrogen-bond donors (Lipinski definition) is 2. The molecule has 1 amide bonds. The van der Waals surface area contributed by atoms with Crippen molar-refractivity contribution in [2.75, 3.05) is 5.32 Å². The Bertz CT molecular complexity index is 1070. The number of halogens is 1. The highest BCUT2D eigenvalue weighted by molar-refractivity contribution is 7.98. The van der Waals surface area contributed by atoms with E-state index in [2.05, 4.69) is 20.4 Å². The van der Waals surface area contributed by atoms with Crippen LogP contribution in [0.25, 0.3) is 0 Å². The molecule has 1 unspecified atom stereocenters. The van der Waals surface area contributed by atoms with Crippen molar-refractivity contribution in [1.29, 1.82) is 0 Å². The van der Waals surface area contributed by atoms with Crippen LogP contribution in [-0.2, 0) is 10.5 Å². The first-order chi connectivity index (χ1) is 13.5. The van der Waals surface area contributed by atoms with Gasteiger partial charge in [-0.25, -0.2) is 9.07 Å². The van der Waals surface area contributed by atoms with E-state index < -0.39 is 11.9 Å². The summed E-state index contributed by atoms with van der Waals surface area (Å²) in [5.74, 6) is 0.0969. The zero-order chi connectivity index (χ0) is 19.7. The van der Waals surface area contributed by atoms with Gasteiger partial charge in [-0.05, 0) is 36.2 Å². The highest BCUT2D eigenvalue weighted by Gasteiger charge is 2.33. The van der Waals surface area contributed by atoms with Crippen molar-refractivity contribution in [1.82, 2.24) is 19.7 Å². The fraction of sp³-hybridized carbons (Fsp3) is 0.158. The molecule has 3 aromatic rings. The number of amides is 1. The second-order valence-electron chi connectivity index (χ2n) is 6.25. The first kappa shape index (κ1) is 18.2. The number of aromatic nitrogens is 4. The minimum absolute atomic E-state index is 0.264. The quantitative estimate of drug-likeness (QED) is 0.644. The summed E-state index contributed by atoms with van der Waals surface area (Å²) in [5, 5.41) is 8.10. The number of primary amides is 1. The number of nitrogens with two attached hydrogens (primary N) is 1. The van der Waals surface area contributed by atoms with Crippen LogP contribution >= 0.6 is 11.8 Å². The predicted molar refractivity (Wildman–Crippen MR) is 104 cm³/mol. The van der Waals surface area contributed by atoms with E-state index in [0.29, 0.717) is 33.7 Å². The van der Waals surface area contributed by atoms with Gasteiger partial charge in [-0.15, -0.1) is 5.10 Å². The molecule has 1 aliphatic rings. The van der Waals surface area contributed by atoms with E-state index in [1.54, 1.807) is 42.2 Å². The number of carbonyl (C=O) groups excluding carboxylic acids is 1. The van der Waals surface area contributed by atoms with Crippen LogP contribution in [0.3, 0.4) is 0 Å². The zero-order valence-electron chi connectivity index (χ0n) is 15.0. The summed E-state index contributed by atoms with van der Waals surface area (Å²) in [6, 6.07) is 9.71. The molecule has 28 heavy (non-hydrogen) atoms. The molecule has 0 radical (unpaired) electrons. The molecule has 9 heteroatoms. The Kier molecular flexibility index (Phi) is 4.82. The molecule has 3 heterocycles. The van der Waals surface area contributed by atoms with Gasteiger partial charge in [0, 0.05) is 23.8 Å². The molecule has 2 aromatic heterocycles. The van der Waals surface area contributed by atoms with Gasteiger partial charge in [0.05, 0.1) is 5.57 Å². The number of fused-ring (bicyclic) bond motifs is 1. The molecular formula is C19H17FN6OS. The largest absolute Gasteiger partial charge is 0.366 e. The Morgan fingerprint density at radius 3 is 2.75 bits per heavy atom. The molecule has 0 spiro atoms. The van der Waals surface area contributed by atoms with E-state index >= 15 is 0 Å². The molecule has 0 saturated heterocycles. The fourth-order valence-corrected chi connectivity index (χ4v) is 3.94. The first-order valence-corrected chi connectivity index (χ1v) is 9.53. The third kappa shape index (κ3) is 3.36. The van der Waals surface area contributed by atoms with Crippen molar-refractivity contribution in [2.24, 2.45) is 5.73 Å². The van der Waals surface area contributed by atoms with E-state index in [1.807, 2.05) is 12.1 Å².